The van der Waals surface area contributed by atoms with Crippen molar-refractivity contribution in [2.75, 3.05) is 12.4 Å². The van der Waals surface area contributed by atoms with Crippen LogP contribution < -0.4 is 0 Å². The SMILES string of the molecule is C/C(=C\COCc1ccccc1)CS(=O)OC(C)(C)C. The van der Waals surface area contributed by atoms with E-state index in [0.29, 0.717) is 19.0 Å². The minimum Gasteiger partial charge on any atom is -0.373 e. The molecule has 0 N–H and O–H groups in total. The summed E-state index contributed by atoms with van der Waals surface area (Å²) in [5.74, 6) is 0.423. The highest BCUT2D eigenvalue weighted by atomic mass is 32.2. The van der Waals surface area contributed by atoms with Gasteiger partial charge in [0.2, 0.25) is 0 Å². The van der Waals surface area contributed by atoms with E-state index in [1.54, 1.807) is 0 Å². The van der Waals surface area contributed by atoms with Gasteiger partial charge < -0.3 is 4.74 Å². The Morgan fingerprint density at radius 2 is 1.90 bits per heavy atom. The van der Waals surface area contributed by atoms with E-state index in [-0.39, 0.29) is 5.60 Å². The minimum absolute atomic E-state index is 0.380. The van der Waals surface area contributed by atoms with Crippen molar-refractivity contribution in [1.29, 1.82) is 0 Å². The van der Waals surface area contributed by atoms with Crippen LogP contribution in [-0.4, -0.2) is 22.2 Å². The van der Waals surface area contributed by atoms with E-state index in [0.717, 1.165) is 11.1 Å². The second-order valence-electron chi connectivity index (χ2n) is 5.69. The fourth-order valence-corrected chi connectivity index (χ4v) is 2.61. The predicted octanol–water partition coefficient (Wildman–Crippen LogP) is 3.63. The van der Waals surface area contributed by atoms with Gasteiger partial charge in [-0.25, -0.2) is 4.21 Å². The van der Waals surface area contributed by atoms with E-state index in [1.165, 1.54) is 0 Å². The highest BCUT2D eigenvalue weighted by molar-refractivity contribution is 7.80. The maximum absolute atomic E-state index is 11.7. The molecule has 20 heavy (non-hydrogen) atoms. The van der Waals surface area contributed by atoms with Crippen LogP contribution in [0.15, 0.2) is 42.0 Å². The maximum Gasteiger partial charge on any atom is 0.160 e. The van der Waals surface area contributed by atoms with Gasteiger partial charge in [0.25, 0.3) is 0 Å². The first-order valence-electron chi connectivity index (χ1n) is 6.72. The minimum atomic E-state index is -1.28. The lowest BCUT2D eigenvalue weighted by molar-refractivity contribution is 0.148. The molecule has 112 valence electrons. The molecule has 4 heteroatoms. The molecule has 0 heterocycles. The van der Waals surface area contributed by atoms with Crippen LogP contribution in [0.2, 0.25) is 0 Å². The molecule has 1 aromatic carbocycles. The monoisotopic (exact) mass is 296 g/mol. The Labute approximate surface area is 124 Å². The van der Waals surface area contributed by atoms with Gasteiger partial charge in [-0.3, -0.25) is 4.18 Å². The predicted molar refractivity (Wildman–Crippen MR) is 83.7 cm³/mol. The smallest absolute Gasteiger partial charge is 0.160 e. The van der Waals surface area contributed by atoms with Gasteiger partial charge in [-0.15, -0.1) is 0 Å². The topological polar surface area (TPSA) is 35.5 Å². The van der Waals surface area contributed by atoms with Gasteiger partial charge in [0, 0.05) is 0 Å². The number of benzene rings is 1. The third kappa shape index (κ3) is 8.25. The first-order valence-corrected chi connectivity index (χ1v) is 7.96. The highest BCUT2D eigenvalue weighted by Crippen LogP contribution is 2.11. The molecule has 0 saturated heterocycles. The van der Waals surface area contributed by atoms with Crippen molar-refractivity contribution in [1.82, 2.24) is 0 Å². The number of rotatable bonds is 7. The summed E-state index contributed by atoms with van der Waals surface area (Å²) < 4.78 is 22.7. The summed E-state index contributed by atoms with van der Waals surface area (Å²) in [4.78, 5) is 0. The summed E-state index contributed by atoms with van der Waals surface area (Å²) in [6.07, 6.45) is 1.95. The Morgan fingerprint density at radius 3 is 2.50 bits per heavy atom. The Morgan fingerprint density at radius 1 is 1.25 bits per heavy atom. The Bertz CT molecular complexity index is 447. The summed E-state index contributed by atoms with van der Waals surface area (Å²) in [5, 5.41) is 0. The standard InChI is InChI=1S/C16H24O3S/c1-14(13-20(17)19-16(2,3)4)10-11-18-12-15-8-6-5-7-9-15/h5-10H,11-13H2,1-4H3/b14-10+. The van der Waals surface area contributed by atoms with Crippen LogP contribution in [0, 0.1) is 0 Å². The quantitative estimate of drug-likeness (QED) is 0.569. The third-order valence-corrected chi connectivity index (χ3v) is 3.73. The van der Waals surface area contributed by atoms with E-state index in [2.05, 4.69) is 0 Å². The van der Waals surface area contributed by atoms with Gasteiger partial charge in [0.1, 0.15) is 0 Å². The van der Waals surface area contributed by atoms with Gasteiger partial charge in [0.05, 0.1) is 24.6 Å². The van der Waals surface area contributed by atoms with Crippen LogP contribution in [0.4, 0.5) is 0 Å². The zero-order valence-electron chi connectivity index (χ0n) is 12.7. The molecular formula is C16H24O3S. The number of hydrogen-bond acceptors (Lipinski definition) is 3. The molecule has 1 unspecified atom stereocenters. The van der Waals surface area contributed by atoms with E-state index < -0.39 is 11.1 Å². The Kier molecular flexibility index (Phi) is 7.13. The Hall–Kier alpha value is -0.970. The summed E-state index contributed by atoms with van der Waals surface area (Å²) in [6, 6.07) is 10.0. The Balaban J connectivity index is 2.26. The molecular weight excluding hydrogens is 272 g/mol. The summed E-state index contributed by atoms with van der Waals surface area (Å²) in [7, 11) is 0. The third-order valence-electron chi connectivity index (χ3n) is 2.35. The zero-order valence-corrected chi connectivity index (χ0v) is 13.5. The molecule has 0 aliphatic carbocycles. The molecule has 1 aromatic rings. The van der Waals surface area contributed by atoms with Gasteiger partial charge in [-0.05, 0) is 33.3 Å². The number of hydrogen-bond donors (Lipinski definition) is 0. The van der Waals surface area contributed by atoms with Gasteiger partial charge in [-0.1, -0.05) is 42.0 Å². The molecule has 0 aliphatic heterocycles. The number of ether oxygens (including phenoxy) is 1. The van der Waals surface area contributed by atoms with Gasteiger partial charge >= 0.3 is 0 Å². The van der Waals surface area contributed by atoms with Crippen molar-refractivity contribution in [3.8, 4) is 0 Å². The van der Waals surface area contributed by atoms with Crippen LogP contribution in [0.1, 0.15) is 33.3 Å². The van der Waals surface area contributed by atoms with Crippen LogP contribution in [0.5, 0.6) is 0 Å². The van der Waals surface area contributed by atoms with Crippen LogP contribution in [0.3, 0.4) is 0 Å². The van der Waals surface area contributed by atoms with Crippen molar-refractivity contribution >= 4 is 11.1 Å². The van der Waals surface area contributed by atoms with Crippen LogP contribution in [0.25, 0.3) is 0 Å². The molecule has 3 nitrogen and oxygen atoms in total. The summed E-state index contributed by atoms with van der Waals surface area (Å²) >= 11 is -1.28. The van der Waals surface area contributed by atoms with Crippen molar-refractivity contribution in [2.24, 2.45) is 0 Å². The molecule has 0 fully saturated rings. The fourth-order valence-electron chi connectivity index (χ4n) is 1.51. The second-order valence-corrected chi connectivity index (χ2v) is 6.76. The van der Waals surface area contributed by atoms with E-state index in [4.69, 9.17) is 8.92 Å². The molecule has 0 spiro atoms. The summed E-state index contributed by atoms with van der Waals surface area (Å²) in [5.41, 5.74) is 1.79. The molecule has 0 aliphatic rings. The lowest BCUT2D eigenvalue weighted by atomic mass is 10.2. The summed E-state index contributed by atoms with van der Waals surface area (Å²) in [6.45, 7) is 8.74. The molecule has 0 aromatic heterocycles. The largest absolute Gasteiger partial charge is 0.373 e. The van der Waals surface area contributed by atoms with Crippen molar-refractivity contribution in [3.05, 3.63) is 47.5 Å². The lowest BCUT2D eigenvalue weighted by Crippen LogP contribution is -2.22. The van der Waals surface area contributed by atoms with Gasteiger partial charge in [0.15, 0.2) is 11.1 Å². The first kappa shape index (κ1) is 17.1. The van der Waals surface area contributed by atoms with Crippen molar-refractivity contribution < 1.29 is 13.1 Å². The van der Waals surface area contributed by atoms with Gasteiger partial charge in [-0.2, -0.15) is 0 Å². The normalized spacial score (nSPS) is 14.3. The molecule has 0 amide bonds. The average Bonchev–Trinajstić information content (AvgIpc) is 2.33. The van der Waals surface area contributed by atoms with Crippen LogP contribution in [-0.2, 0) is 26.6 Å². The molecule has 0 radical (unpaired) electrons. The van der Waals surface area contributed by atoms with E-state index in [1.807, 2.05) is 64.1 Å². The lowest BCUT2D eigenvalue weighted by Gasteiger charge is -2.17. The molecule has 0 saturated carbocycles. The van der Waals surface area contributed by atoms with Crippen molar-refractivity contribution in [3.63, 3.8) is 0 Å². The average molecular weight is 296 g/mol. The van der Waals surface area contributed by atoms with Crippen molar-refractivity contribution in [2.45, 2.75) is 39.9 Å². The first-order chi connectivity index (χ1) is 9.37. The maximum atomic E-state index is 11.7. The van der Waals surface area contributed by atoms with E-state index >= 15 is 0 Å². The molecule has 1 atom stereocenters. The highest BCUT2D eigenvalue weighted by Gasteiger charge is 2.15. The fraction of sp³-hybridized carbons (Fsp3) is 0.500. The molecule has 1 rings (SSSR count). The second kappa shape index (κ2) is 8.35. The molecule has 0 bridgehead atoms. The van der Waals surface area contributed by atoms with E-state index in [9.17, 15) is 4.21 Å². The zero-order chi connectivity index (χ0) is 15.0. The van der Waals surface area contributed by atoms with Crippen LogP contribution >= 0.6 is 0 Å².